The van der Waals surface area contributed by atoms with Crippen molar-refractivity contribution in [3.05, 3.63) is 59.7 Å². The van der Waals surface area contributed by atoms with Gasteiger partial charge in [-0.2, -0.15) is 13.2 Å². The van der Waals surface area contributed by atoms with Crippen molar-refractivity contribution in [3.63, 3.8) is 0 Å². The molecule has 0 bridgehead atoms. The molecule has 3 atom stereocenters. The second kappa shape index (κ2) is 9.95. The third-order valence-electron chi connectivity index (χ3n) is 6.19. The van der Waals surface area contributed by atoms with Crippen LogP contribution in [0.25, 0.3) is 11.1 Å². The Bertz CT molecular complexity index is 1080. The first-order valence-corrected chi connectivity index (χ1v) is 11.0. The molecule has 3 unspecified atom stereocenters. The van der Waals surface area contributed by atoms with Crippen LogP contribution in [0.1, 0.15) is 23.5 Å². The van der Waals surface area contributed by atoms with Crippen molar-refractivity contribution >= 4 is 18.0 Å². The molecule has 0 saturated carbocycles. The van der Waals surface area contributed by atoms with Gasteiger partial charge in [-0.15, -0.1) is 0 Å². The minimum Gasteiger partial charge on any atom is -0.479 e. The lowest BCUT2D eigenvalue weighted by atomic mass is 9.98. The zero-order valence-corrected chi connectivity index (χ0v) is 18.4. The van der Waals surface area contributed by atoms with E-state index in [0.717, 1.165) is 22.3 Å². The third kappa shape index (κ3) is 5.24. The zero-order valence-electron chi connectivity index (χ0n) is 18.4. The van der Waals surface area contributed by atoms with Gasteiger partial charge >= 0.3 is 18.2 Å². The first-order chi connectivity index (χ1) is 16.7. The van der Waals surface area contributed by atoms with Crippen molar-refractivity contribution in [2.75, 3.05) is 19.8 Å². The molecule has 11 heteroatoms. The molecule has 2 aromatic rings. The number of carboxylic acids is 1. The molecule has 186 valence electrons. The number of fused-ring (bicyclic) bond motifs is 3. The van der Waals surface area contributed by atoms with Gasteiger partial charge in [-0.1, -0.05) is 48.5 Å². The number of carbonyl (C=O) groups excluding carboxylic acids is 2. The number of benzene rings is 2. The molecule has 1 heterocycles. The predicted molar refractivity (Wildman–Crippen MR) is 117 cm³/mol. The molecule has 0 aromatic heterocycles. The number of ether oxygens (including phenoxy) is 2. The molecule has 1 fully saturated rings. The Morgan fingerprint density at radius 2 is 1.66 bits per heavy atom. The van der Waals surface area contributed by atoms with E-state index in [1.165, 1.54) is 5.32 Å². The Balaban J connectivity index is 1.32. The van der Waals surface area contributed by atoms with Crippen LogP contribution in [0.3, 0.4) is 0 Å². The first kappa shape index (κ1) is 24.5. The predicted octanol–water partition coefficient (Wildman–Crippen LogP) is 3.06. The Labute approximate surface area is 198 Å². The molecule has 1 saturated heterocycles. The number of halogens is 3. The lowest BCUT2D eigenvalue weighted by molar-refractivity contribution is -0.183. The average molecular weight is 492 g/mol. The maximum Gasteiger partial charge on any atom is 0.419 e. The minimum absolute atomic E-state index is 0.0802. The van der Waals surface area contributed by atoms with Gasteiger partial charge in [-0.3, -0.25) is 4.79 Å². The fourth-order valence-corrected chi connectivity index (χ4v) is 4.50. The third-order valence-corrected chi connectivity index (χ3v) is 6.19. The normalized spacial score (nSPS) is 20.0. The highest BCUT2D eigenvalue weighted by molar-refractivity contribution is 5.87. The Morgan fingerprint density at radius 3 is 2.23 bits per heavy atom. The van der Waals surface area contributed by atoms with Gasteiger partial charge < -0.3 is 25.2 Å². The van der Waals surface area contributed by atoms with Crippen molar-refractivity contribution in [2.24, 2.45) is 5.92 Å². The van der Waals surface area contributed by atoms with Crippen molar-refractivity contribution < 1.29 is 42.1 Å². The molecule has 2 amide bonds. The van der Waals surface area contributed by atoms with E-state index in [2.05, 4.69) is 5.32 Å². The number of alkyl halides is 3. The number of aliphatic carboxylic acids is 1. The summed E-state index contributed by atoms with van der Waals surface area (Å²) in [5.74, 6) is -4.21. The Hall–Kier alpha value is -3.60. The lowest BCUT2D eigenvalue weighted by Gasteiger charge is -2.22. The van der Waals surface area contributed by atoms with Crippen LogP contribution in [0.2, 0.25) is 0 Å². The van der Waals surface area contributed by atoms with E-state index in [1.807, 2.05) is 48.5 Å². The molecule has 1 aliphatic carbocycles. The van der Waals surface area contributed by atoms with Gasteiger partial charge in [0.05, 0.1) is 0 Å². The van der Waals surface area contributed by atoms with Gasteiger partial charge in [-0.05, 0) is 28.7 Å². The molecule has 4 rings (SSSR count). The van der Waals surface area contributed by atoms with Crippen LogP contribution in [0, 0.1) is 5.92 Å². The van der Waals surface area contributed by atoms with Crippen molar-refractivity contribution in [1.82, 2.24) is 10.6 Å². The number of carboxylic acid groups (broad SMARTS) is 1. The fraction of sp³-hybridized carbons (Fsp3) is 0.375. The number of hydrogen-bond acceptors (Lipinski definition) is 5. The molecular weight excluding hydrogens is 469 g/mol. The van der Waals surface area contributed by atoms with Gasteiger partial charge in [-0.25, -0.2) is 9.59 Å². The standard InChI is InChI=1S/C24H23F3N2O6/c25-24(26,27)20(22(31)32)29-21(30)19-13(9-10-34-19)11-28-23(33)35-12-18-16-7-3-1-5-14(16)15-6-2-4-8-17(15)18/h1-8,13,18-20H,9-12H2,(H,28,33)(H,29,30)(H,31,32). The van der Waals surface area contributed by atoms with Crippen LogP contribution in [0.5, 0.6) is 0 Å². The lowest BCUT2D eigenvalue weighted by Crippen LogP contribution is -2.54. The van der Waals surface area contributed by atoms with E-state index in [-0.39, 0.29) is 25.7 Å². The summed E-state index contributed by atoms with van der Waals surface area (Å²) in [5.41, 5.74) is 4.24. The smallest absolute Gasteiger partial charge is 0.419 e. The van der Waals surface area contributed by atoms with Crippen molar-refractivity contribution in [1.29, 1.82) is 0 Å². The highest BCUT2D eigenvalue weighted by Crippen LogP contribution is 2.44. The quantitative estimate of drug-likeness (QED) is 0.548. The summed E-state index contributed by atoms with van der Waals surface area (Å²) < 4.78 is 49.2. The van der Waals surface area contributed by atoms with Gasteiger partial charge in [0.15, 0.2) is 0 Å². The van der Waals surface area contributed by atoms with Crippen LogP contribution in [0.4, 0.5) is 18.0 Å². The molecule has 0 spiro atoms. The summed E-state index contributed by atoms with van der Waals surface area (Å²) in [7, 11) is 0. The van der Waals surface area contributed by atoms with E-state index in [9.17, 15) is 27.6 Å². The van der Waals surface area contributed by atoms with E-state index >= 15 is 0 Å². The van der Waals surface area contributed by atoms with Crippen LogP contribution >= 0.6 is 0 Å². The summed E-state index contributed by atoms with van der Waals surface area (Å²) in [6.45, 7) is 0.0776. The van der Waals surface area contributed by atoms with Crippen molar-refractivity contribution in [3.8, 4) is 11.1 Å². The first-order valence-electron chi connectivity index (χ1n) is 11.0. The van der Waals surface area contributed by atoms with Crippen LogP contribution < -0.4 is 10.6 Å². The molecule has 35 heavy (non-hydrogen) atoms. The number of hydrogen-bond donors (Lipinski definition) is 3. The number of alkyl carbamates (subject to hydrolysis) is 1. The Morgan fingerprint density at radius 1 is 1.06 bits per heavy atom. The molecule has 3 N–H and O–H groups in total. The largest absolute Gasteiger partial charge is 0.479 e. The molecule has 2 aromatic carbocycles. The van der Waals surface area contributed by atoms with Crippen LogP contribution in [-0.4, -0.2) is 61.2 Å². The molecule has 8 nitrogen and oxygen atoms in total. The summed E-state index contributed by atoms with van der Waals surface area (Å²) >= 11 is 0. The van der Waals surface area contributed by atoms with E-state index < -0.39 is 42.2 Å². The summed E-state index contributed by atoms with van der Waals surface area (Å²) in [5, 5.41) is 12.8. The van der Waals surface area contributed by atoms with E-state index in [1.54, 1.807) is 0 Å². The van der Waals surface area contributed by atoms with Crippen molar-refractivity contribution in [2.45, 2.75) is 30.7 Å². The van der Waals surface area contributed by atoms with Gasteiger partial charge in [0.25, 0.3) is 0 Å². The SMILES string of the molecule is O=C(NCC1CCOC1C(=O)NC(C(=O)O)C(F)(F)F)OCC1c2ccccc2-c2ccccc21. The summed E-state index contributed by atoms with van der Waals surface area (Å²) in [4.78, 5) is 35.5. The number of amides is 2. The monoisotopic (exact) mass is 492 g/mol. The second-order valence-corrected chi connectivity index (χ2v) is 8.37. The highest BCUT2D eigenvalue weighted by Gasteiger charge is 2.48. The molecular formula is C24H23F3N2O6. The topological polar surface area (TPSA) is 114 Å². The van der Waals surface area contributed by atoms with Gasteiger partial charge in [0, 0.05) is 25.0 Å². The van der Waals surface area contributed by atoms with Gasteiger partial charge in [0.2, 0.25) is 11.9 Å². The molecule has 2 aliphatic rings. The maximum absolute atomic E-state index is 12.9. The fourth-order valence-electron chi connectivity index (χ4n) is 4.50. The molecule has 0 radical (unpaired) electrons. The number of rotatable bonds is 7. The number of nitrogens with one attached hydrogen (secondary N) is 2. The zero-order chi connectivity index (χ0) is 25.2. The van der Waals surface area contributed by atoms with Gasteiger partial charge in [0.1, 0.15) is 12.7 Å². The van der Waals surface area contributed by atoms with Crippen LogP contribution in [0.15, 0.2) is 48.5 Å². The van der Waals surface area contributed by atoms with E-state index in [0.29, 0.717) is 6.42 Å². The molecule has 1 aliphatic heterocycles. The van der Waals surface area contributed by atoms with E-state index in [4.69, 9.17) is 14.6 Å². The van der Waals surface area contributed by atoms with Crippen LogP contribution in [-0.2, 0) is 19.1 Å². The Kier molecular flexibility index (Phi) is 6.97. The number of carbonyl (C=O) groups is 3. The minimum atomic E-state index is -5.16. The maximum atomic E-state index is 12.9. The average Bonchev–Trinajstić information content (AvgIpc) is 3.41. The summed E-state index contributed by atoms with van der Waals surface area (Å²) in [6.07, 6.45) is -6.93. The highest BCUT2D eigenvalue weighted by atomic mass is 19.4. The summed E-state index contributed by atoms with van der Waals surface area (Å²) in [6, 6.07) is 12.6. The second-order valence-electron chi connectivity index (χ2n) is 8.37.